The lowest BCUT2D eigenvalue weighted by Gasteiger charge is -2.17. The first-order chi connectivity index (χ1) is 9.40. The highest BCUT2D eigenvalue weighted by Gasteiger charge is 2.26. The van der Waals surface area contributed by atoms with E-state index in [4.69, 9.17) is 5.11 Å². The molecule has 7 heteroatoms. The van der Waals surface area contributed by atoms with Crippen molar-refractivity contribution < 1.29 is 19.5 Å². The van der Waals surface area contributed by atoms with Gasteiger partial charge in [-0.3, -0.25) is 9.59 Å². The Hall–Kier alpha value is -1.79. The maximum absolute atomic E-state index is 11.9. The second-order valence-corrected chi connectivity index (χ2v) is 5.30. The molecule has 114 valence electrons. The number of carboxylic acid groups (broad SMARTS) is 1. The van der Waals surface area contributed by atoms with E-state index >= 15 is 0 Å². The number of carbonyl (C=O) groups is 3. The van der Waals surface area contributed by atoms with Gasteiger partial charge in [0.1, 0.15) is 0 Å². The summed E-state index contributed by atoms with van der Waals surface area (Å²) < 4.78 is 0. The fraction of sp³-hybridized carbons (Fsp3) is 0.769. The average molecular weight is 285 g/mol. The van der Waals surface area contributed by atoms with E-state index in [2.05, 4.69) is 5.32 Å². The number of nitrogens with one attached hydrogen (secondary N) is 1. The number of nitrogens with zero attached hydrogens (tertiary/aromatic N) is 2. The lowest BCUT2D eigenvalue weighted by Crippen LogP contribution is -2.40. The second kappa shape index (κ2) is 7.72. The van der Waals surface area contributed by atoms with Crippen LogP contribution in [0.15, 0.2) is 0 Å². The van der Waals surface area contributed by atoms with Crippen LogP contribution in [0.5, 0.6) is 0 Å². The molecular weight excluding hydrogens is 262 g/mol. The third-order valence-corrected chi connectivity index (χ3v) is 3.45. The zero-order chi connectivity index (χ0) is 15.1. The van der Waals surface area contributed by atoms with Crippen LogP contribution in [0, 0.1) is 5.92 Å². The van der Waals surface area contributed by atoms with Crippen LogP contribution in [0.3, 0.4) is 0 Å². The van der Waals surface area contributed by atoms with Gasteiger partial charge in [-0.25, -0.2) is 4.79 Å². The number of rotatable bonds is 6. The van der Waals surface area contributed by atoms with Crippen molar-refractivity contribution in [2.24, 2.45) is 5.92 Å². The molecule has 1 unspecified atom stereocenters. The predicted molar refractivity (Wildman–Crippen MR) is 73.3 cm³/mol. The number of urea groups is 1. The summed E-state index contributed by atoms with van der Waals surface area (Å²) in [6.07, 6.45) is 1.89. The summed E-state index contributed by atoms with van der Waals surface area (Å²) >= 11 is 0. The Morgan fingerprint density at radius 3 is 2.60 bits per heavy atom. The standard InChI is InChI=1S/C13H23N3O4/c1-15(2)11(17)5-7-14-13(20)16-8-6-10(9-16)3-4-12(18)19/h10H,3-9H2,1-2H3,(H,14,20)(H,18,19). The minimum atomic E-state index is -0.796. The highest BCUT2D eigenvalue weighted by atomic mass is 16.4. The van der Waals surface area contributed by atoms with Crippen LogP contribution in [0.2, 0.25) is 0 Å². The first-order valence-electron chi connectivity index (χ1n) is 6.85. The predicted octanol–water partition coefficient (Wildman–Crippen LogP) is 0.361. The lowest BCUT2D eigenvalue weighted by atomic mass is 10.0. The molecule has 0 aromatic heterocycles. The van der Waals surface area contributed by atoms with Gasteiger partial charge in [-0.05, 0) is 18.8 Å². The summed E-state index contributed by atoms with van der Waals surface area (Å²) in [6, 6.07) is -0.172. The molecule has 1 atom stereocenters. The first kappa shape index (κ1) is 16.3. The molecule has 0 aromatic rings. The lowest BCUT2D eigenvalue weighted by molar-refractivity contribution is -0.137. The molecule has 7 nitrogen and oxygen atoms in total. The molecule has 0 bridgehead atoms. The van der Waals surface area contributed by atoms with Gasteiger partial charge in [0.25, 0.3) is 0 Å². The third-order valence-electron chi connectivity index (χ3n) is 3.45. The Morgan fingerprint density at radius 2 is 2.00 bits per heavy atom. The van der Waals surface area contributed by atoms with Crippen LogP contribution >= 0.6 is 0 Å². The van der Waals surface area contributed by atoms with Crippen LogP contribution < -0.4 is 5.32 Å². The molecule has 1 fully saturated rings. The SMILES string of the molecule is CN(C)C(=O)CCNC(=O)N1CCC(CCC(=O)O)C1. The van der Waals surface area contributed by atoms with Gasteiger partial charge >= 0.3 is 12.0 Å². The number of carbonyl (C=O) groups excluding carboxylic acids is 2. The molecule has 1 aliphatic rings. The van der Waals surface area contributed by atoms with Crippen molar-refractivity contribution >= 4 is 17.9 Å². The molecule has 0 radical (unpaired) electrons. The van der Waals surface area contributed by atoms with E-state index < -0.39 is 5.97 Å². The molecule has 0 aromatic carbocycles. The second-order valence-electron chi connectivity index (χ2n) is 5.30. The normalized spacial score (nSPS) is 17.9. The molecule has 1 aliphatic heterocycles. The average Bonchev–Trinajstić information content (AvgIpc) is 2.84. The molecule has 0 spiro atoms. The van der Waals surface area contributed by atoms with Crippen molar-refractivity contribution in [1.29, 1.82) is 0 Å². The van der Waals surface area contributed by atoms with Crippen LogP contribution in [0.4, 0.5) is 4.79 Å². The maximum atomic E-state index is 11.9. The van der Waals surface area contributed by atoms with Gasteiger partial charge in [0, 0.05) is 46.6 Å². The molecule has 1 saturated heterocycles. The Morgan fingerprint density at radius 1 is 1.30 bits per heavy atom. The smallest absolute Gasteiger partial charge is 0.317 e. The topological polar surface area (TPSA) is 90.0 Å². The Bertz CT molecular complexity index is 371. The number of amides is 3. The Kier molecular flexibility index (Phi) is 6.27. The van der Waals surface area contributed by atoms with E-state index in [0.29, 0.717) is 26.1 Å². The van der Waals surface area contributed by atoms with Crippen LogP contribution in [0.1, 0.15) is 25.7 Å². The summed E-state index contributed by atoms with van der Waals surface area (Å²) in [5.41, 5.74) is 0. The van der Waals surface area contributed by atoms with Crippen LogP contribution in [-0.2, 0) is 9.59 Å². The number of hydrogen-bond acceptors (Lipinski definition) is 3. The van der Waals surface area contributed by atoms with E-state index in [1.165, 1.54) is 4.90 Å². The quantitative estimate of drug-likeness (QED) is 0.737. The van der Waals surface area contributed by atoms with E-state index in [1.54, 1.807) is 19.0 Å². The minimum absolute atomic E-state index is 0.0222. The molecule has 0 aliphatic carbocycles. The van der Waals surface area contributed by atoms with Crippen molar-refractivity contribution in [3.05, 3.63) is 0 Å². The minimum Gasteiger partial charge on any atom is -0.481 e. The van der Waals surface area contributed by atoms with E-state index in [1.807, 2.05) is 0 Å². The van der Waals surface area contributed by atoms with Crippen molar-refractivity contribution in [2.75, 3.05) is 33.7 Å². The molecule has 1 heterocycles. The van der Waals surface area contributed by atoms with Gasteiger partial charge in [-0.2, -0.15) is 0 Å². The number of aliphatic carboxylic acids is 1. The van der Waals surface area contributed by atoms with E-state index in [-0.39, 0.29) is 30.7 Å². The van der Waals surface area contributed by atoms with Crippen molar-refractivity contribution in [3.8, 4) is 0 Å². The summed E-state index contributed by atoms with van der Waals surface area (Å²) in [6.45, 7) is 1.57. The van der Waals surface area contributed by atoms with Gasteiger partial charge in [-0.15, -0.1) is 0 Å². The van der Waals surface area contributed by atoms with E-state index in [0.717, 1.165) is 6.42 Å². The molecule has 0 saturated carbocycles. The monoisotopic (exact) mass is 285 g/mol. The third kappa shape index (κ3) is 5.46. The zero-order valence-corrected chi connectivity index (χ0v) is 12.1. The molecule has 3 amide bonds. The van der Waals surface area contributed by atoms with E-state index in [9.17, 15) is 14.4 Å². The first-order valence-corrected chi connectivity index (χ1v) is 6.85. The molecule has 1 rings (SSSR count). The largest absolute Gasteiger partial charge is 0.481 e. The van der Waals surface area contributed by atoms with Gasteiger partial charge < -0.3 is 20.2 Å². The zero-order valence-electron chi connectivity index (χ0n) is 12.1. The fourth-order valence-corrected chi connectivity index (χ4v) is 2.19. The number of carboxylic acids is 1. The summed E-state index contributed by atoms with van der Waals surface area (Å²) in [7, 11) is 3.36. The molecular formula is C13H23N3O4. The molecule has 2 N–H and O–H groups in total. The number of hydrogen-bond donors (Lipinski definition) is 2. The van der Waals surface area contributed by atoms with Crippen molar-refractivity contribution in [3.63, 3.8) is 0 Å². The fourth-order valence-electron chi connectivity index (χ4n) is 2.19. The molecule has 20 heavy (non-hydrogen) atoms. The Labute approximate surface area is 118 Å². The maximum Gasteiger partial charge on any atom is 0.317 e. The van der Waals surface area contributed by atoms with Gasteiger partial charge in [0.05, 0.1) is 0 Å². The highest BCUT2D eigenvalue weighted by molar-refractivity contribution is 5.78. The van der Waals surface area contributed by atoms with Crippen LogP contribution in [0.25, 0.3) is 0 Å². The van der Waals surface area contributed by atoms with Crippen molar-refractivity contribution in [1.82, 2.24) is 15.1 Å². The highest BCUT2D eigenvalue weighted by Crippen LogP contribution is 2.20. The summed E-state index contributed by atoms with van der Waals surface area (Å²) in [5.74, 6) is -0.554. The number of likely N-dealkylation sites (tertiary alicyclic amines) is 1. The van der Waals surface area contributed by atoms with Crippen LogP contribution in [-0.4, -0.2) is 66.5 Å². The summed E-state index contributed by atoms with van der Waals surface area (Å²) in [5, 5.41) is 11.4. The Balaban J connectivity index is 2.21. The van der Waals surface area contributed by atoms with Crippen molar-refractivity contribution in [2.45, 2.75) is 25.7 Å². The van der Waals surface area contributed by atoms with Gasteiger partial charge in [0.2, 0.25) is 5.91 Å². The van der Waals surface area contributed by atoms with Gasteiger partial charge in [-0.1, -0.05) is 0 Å². The van der Waals surface area contributed by atoms with Gasteiger partial charge in [0.15, 0.2) is 0 Å². The summed E-state index contributed by atoms with van der Waals surface area (Å²) in [4.78, 5) is 36.9.